The highest BCUT2D eigenvalue weighted by Gasteiger charge is 2.20. The minimum absolute atomic E-state index is 0.0702. The summed E-state index contributed by atoms with van der Waals surface area (Å²) in [6.07, 6.45) is 0. The molecule has 0 radical (unpaired) electrons. The standard InChI is InChI=1S/C26H25N3O2/c1-27-26(31)20-14-12-18(13-15-20)16-29(2)17-23(30)24-21-10-6-7-11-22(21)28-25(24)19-8-4-3-5-9-19/h3-15,28H,16-17H2,1-2H3,(H,27,31). The van der Waals surface area contributed by atoms with Crippen molar-refractivity contribution in [3.8, 4) is 11.3 Å². The molecule has 1 aromatic heterocycles. The molecule has 0 aliphatic carbocycles. The average molecular weight is 412 g/mol. The zero-order chi connectivity index (χ0) is 21.8. The van der Waals surface area contributed by atoms with Gasteiger partial charge < -0.3 is 10.3 Å². The third kappa shape index (κ3) is 4.42. The van der Waals surface area contributed by atoms with Gasteiger partial charge in [0.2, 0.25) is 0 Å². The van der Waals surface area contributed by atoms with Gasteiger partial charge >= 0.3 is 0 Å². The van der Waals surface area contributed by atoms with Crippen molar-refractivity contribution >= 4 is 22.6 Å². The van der Waals surface area contributed by atoms with Crippen molar-refractivity contribution in [2.24, 2.45) is 0 Å². The Morgan fingerprint density at radius 2 is 1.58 bits per heavy atom. The Bertz CT molecular complexity index is 1210. The van der Waals surface area contributed by atoms with E-state index in [-0.39, 0.29) is 11.7 Å². The molecule has 2 N–H and O–H groups in total. The summed E-state index contributed by atoms with van der Waals surface area (Å²) in [5, 5.41) is 3.56. The SMILES string of the molecule is CNC(=O)c1ccc(CN(C)CC(=O)c2c(-c3ccccc3)[nH]c3ccccc23)cc1. The fourth-order valence-corrected chi connectivity index (χ4v) is 3.85. The van der Waals surface area contributed by atoms with Crippen LogP contribution < -0.4 is 5.32 Å². The molecule has 0 spiro atoms. The normalized spacial score (nSPS) is 11.1. The molecule has 1 heterocycles. The number of nitrogens with one attached hydrogen (secondary N) is 2. The van der Waals surface area contributed by atoms with E-state index in [0.717, 1.165) is 33.3 Å². The molecule has 5 heteroatoms. The fourth-order valence-electron chi connectivity index (χ4n) is 3.85. The quantitative estimate of drug-likeness (QED) is 0.440. The van der Waals surface area contributed by atoms with Gasteiger partial charge in [0.05, 0.1) is 17.8 Å². The number of aromatic nitrogens is 1. The summed E-state index contributed by atoms with van der Waals surface area (Å²) >= 11 is 0. The van der Waals surface area contributed by atoms with Crippen molar-refractivity contribution in [3.63, 3.8) is 0 Å². The number of ketones is 1. The highest BCUT2D eigenvalue weighted by Crippen LogP contribution is 2.30. The number of hydrogen-bond donors (Lipinski definition) is 2. The van der Waals surface area contributed by atoms with Gasteiger partial charge in [-0.05, 0) is 36.4 Å². The first-order valence-electron chi connectivity index (χ1n) is 10.3. The van der Waals surface area contributed by atoms with Crippen molar-refractivity contribution < 1.29 is 9.59 Å². The Labute approximate surface area is 181 Å². The van der Waals surface area contributed by atoms with Crippen molar-refractivity contribution in [3.05, 3.63) is 95.6 Å². The molecule has 4 aromatic rings. The Morgan fingerprint density at radius 3 is 2.29 bits per heavy atom. The Kier molecular flexibility index (Phi) is 5.96. The fraction of sp³-hybridized carbons (Fsp3) is 0.154. The van der Waals surface area contributed by atoms with Crippen molar-refractivity contribution in [1.29, 1.82) is 0 Å². The van der Waals surface area contributed by atoms with Gasteiger partial charge in [-0.2, -0.15) is 0 Å². The molecule has 0 atom stereocenters. The lowest BCUT2D eigenvalue weighted by Crippen LogP contribution is -2.26. The lowest BCUT2D eigenvalue weighted by atomic mass is 10.0. The van der Waals surface area contributed by atoms with Crippen LogP contribution in [-0.2, 0) is 6.54 Å². The van der Waals surface area contributed by atoms with Gasteiger partial charge in [0, 0.05) is 30.1 Å². The van der Waals surface area contributed by atoms with Crippen molar-refractivity contribution in [2.45, 2.75) is 6.54 Å². The highest BCUT2D eigenvalue weighted by atomic mass is 16.1. The molecule has 0 aliphatic heterocycles. The van der Waals surface area contributed by atoms with Crippen molar-refractivity contribution in [2.75, 3.05) is 20.6 Å². The first-order valence-corrected chi connectivity index (χ1v) is 10.3. The van der Waals surface area contributed by atoms with Crippen LogP contribution in [0.3, 0.4) is 0 Å². The molecule has 0 aliphatic rings. The number of amides is 1. The van der Waals surface area contributed by atoms with E-state index in [4.69, 9.17) is 0 Å². The third-order valence-corrected chi connectivity index (χ3v) is 5.36. The Balaban J connectivity index is 1.56. The molecule has 5 nitrogen and oxygen atoms in total. The van der Waals surface area contributed by atoms with Gasteiger partial charge in [0.25, 0.3) is 5.91 Å². The van der Waals surface area contributed by atoms with Gasteiger partial charge in [-0.1, -0.05) is 60.7 Å². The van der Waals surface area contributed by atoms with Gasteiger partial charge in [0.1, 0.15) is 0 Å². The van der Waals surface area contributed by atoms with E-state index in [2.05, 4.69) is 10.3 Å². The van der Waals surface area contributed by atoms with Gasteiger partial charge in [0.15, 0.2) is 5.78 Å². The monoisotopic (exact) mass is 411 g/mol. The maximum atomic E-state index is 13.4. The number of hydrogen-bond acceptors (Lipinski definition) is 3. The summed E-state index contributed by atoms with van der Waals surface area (Å²) in [7, 11) is 3.55. The lowest BCUT2D eigenvalue weighted by Gasteiger charge is -2.16. The molecule has 31 heavy (non-hydrogen) atoms. The number of rotatable bonds is 7. The molecular formula is C26H25N3O2. The molecule has 0 unspecified atom stereocenters. The number of likely N-dealkylation sites (N-methyl/N-ethyl adjacent to an activating group) is 1. The van der Waals surface area contributed by atoms with Crippen LogP contribution in [0, 0.1) is 0 Å². The summed E-state index contributed by atoms with van der Waals surface area (Å²) < 4.78 is 0. The summed E-state index contributed by atoms with van der Waals surface area (Å²) in [6.45, 7) is 0.904. The minimum Gasteiger partial charge on any atom is -0.355 e. The predicted molar refractivity (Wildman–Crippen MR) is 124 cm³/mol. The van der Waals surface area contributed by atoms with Crippen LogP contribution in [0.15, 0.2) is 78.9 Å². The molecule has 3 aromatic carbocycles. The number of Topliss-reactive ketones (excluding diaryl/α,β-unsaturated/α-hetero) is 1. The minimum atomic E-state index is -0.108. The first kappa shape index (κ1) is 20.6. The molecule has 4 rings (SSSR count). The van der Waals surface area contributed by atoms with E-state index in [1.54, 1.807) is 19.2 Å². The maximum absolute atomic E-state index is 13.4. The number of benzene rings is 3. The summed E-state index contributed by atoms with van der Waals surface area (Å²) in [6, 6.07) is 25.3. The first-order chi connectivity index (χ1) is 15.1. The van der Waals surface area contributed by atoms with E-state index in [1.165, 1.54) is 0 Å². The number of aromatic amines is 1. The maximum Gasteiger partial charge on any atom is 0.251 e. The number of carbonyl (C=O) groups is 2. The van der Waals surface area contributed by atoms with E-state index in [9.17, 15) is 9.59 Å². The van der Waals surface area contributed by atoms with Crippen molar-refractivity contribution in [1.82, 2.24) is 15.2 Å². The Morgan fingerprint density at radius 1 is 0.903 bits per heavy atom. The largest absolute Gasteiger partial charge is 0.355 e. The second-order valence-corrected chi connectivity index (χ2v) is 7.66. The molecule has 0 fully saturated rings. The van der Waals surface area contributed by atoms with E-state index in [0.29, 0.717) is 18.7 Å². The van der Waals surface area contributed by atoms with Gasteiger partial charge in [-0.15, -0.1) is 0 Å². The smallest absolute Gasteiger partial charge is 0.251 e. The number of fused-ring (bicyclic) bond motifs is 1. The third-order valence-electron chi connectivity index (χ3n) is 5.36. The van der Waals surface area contributed by atoms with Gasteiger partial charge in [-0.25, -0.2) is 0 Å². The predicted octanol–water partition coefficient (Wildman–Crippen LogP) is 4.51. The topological polar surface area (TPSA) is 65.2 Å². The highest BCUT2D eigenvalue weighted by molar-refractivity contribution is 6.14. The second-order valence-electron chi connectivity index (χ2n) is 7.66. The zero-order valence-corrected chi connectivity index (χ0v) is 17.7. The van der Waals surface area contributed by atoms with E-state index in [1.807, 2.05) is 78.7 Å². The van der Waals surface area contributed by atoms with Crippen LogP contribution in [0.2, 0.25) is 0 Å². The van der Waals surface area contributed by atoms with Crippen LogP contribution in [-0.4, -0.2) is 42.2 Å². The lowest BCUT2D eigenvalue weighted by molar-refractivity contribution is 0.0943. The molecular weight excluding hydrogens is 386 g/mol. The van der Waals surface area contributed by atoms with Crippen LogP contribution >= 0.6 is 0 Å². The van der Waals surface area contributed by atoms with Crippen LogP contribution in [0.1, 0.15) is 26.3 Å². The number of nitrogens with zero attached hydrogens (tertiary/aromatic N) is 1. The summed E-state index contributed by atoms with van der Waals surface area (Å²) in [4.78, 5) is 30.5. The zero-order valence-electron chi connectivity index (χ0n) is 17.7. The van der Waals surface area contributed by atoms with E-state index >= 15 is 0 Å². The van der Waals surface area contributed by atoms with Crippen LogP contribution in [0.4, 0.5) is 0 Å². The van der Waals surface area contributed by atoms with Gasteiger partial charge in [-0.3, -0.25) is 14.5 Å². The average Bonchev–Trinajstić information content (AvgIpc) is 3.19. The molecule has 0 saturated heterocycles. The van der Waals surface area contributed by atoms with Crippen LogP contribution in [0.25, 0.3) is 22.2 Å². The summed E-state index contributed by atoms with van der Waals surface area (Å²) in [5.41, 5.74) is 5.20. The molecule has 156 valence electrons. The molecule has 1 amide bonds. The molecule has 0 saturated carbocycles. The van der Waals surface area contributed by atoms with Crippen LogP contribution in [0.5, 0.6) is 0 Å². The Hall–Kier alpha value is -3.70. The number of carbonyl (C=O) groups excluding carboxylic acids is 2. The summed E-state index contributed by atoms with van der Waals surface area (Å²) in [5.74, 6) is -0.0383. The number of para-hydroxylation sites is 1. The second kappa shape index (κ2) is 8.98. The van der Waals surface area contributed by atoms with E-state index < -0.39 is 0 Å². The molecule has 0 bridgehead atoms. The number of H-pyrrole nitrogens is 1.